The average molecular weight is 353 g/mol. The SMILES string of the molecule is Cc1ccc(-c2nc(NC3CC3)nc(SCC(N)=O)c2C#N)cc1C. The molecule has 0 unspecified atom stereocenters. The Balaban J connectivity index is 2.09. The number of nitrogens with zero attached hydrogens (tertiary/aromatic N) is 3. The molecule has 0 spiro atoms. The normalized spacial score (nSPS) is 13.3. The van der Waals surface area contributed by atoms with Gasteiger partial charge in [-0.1, -0.05) is 23.9 Å². The Hall–Kier alpha value is -2.59. The summed E-state index contributed by atoms with van der Waals surface area (Å²) in [5.74, 6) is 0.111. The van der Waals surface area contributed by atoms with Crippen molar-refractivity contribution in [2.45, 2.75) is 37.8 Å². The molecule has 128 valence electrons. The van der Waals surface area contributed by atoms with E-state index in [2.05, 4.69) is 21.4 Å². The molecule has 1 heterocycles. The number of nitriles is 1. The number of nitrogens with two attached hydrogens (primary N) is 1. The fourth-order valence-electron chi connectivity index (χ4n) is 2.36. The summed E-state index contributed by atoms with van der Waals surface area (Å²) >= 11 is 1.17. The lowest BCUT2D eigenvalue weighted by molar-refractivity contribution is -0.115. The zero-order valence-corrected chi connectivity index (χ0v) is 15.0. The number of hydrogen-bond donors (Lipinski definition) is 2. The van der Waals surface area contributed by atoms with Crippen molar-refractivity contribution in [2.24, 2.45) is 5.73 Å². The van der Waals surface area contributed by atoms with Gasteiger partial charge in [0.1, 0.15) is 16.7 Å². The molecule has 3 N–H and O–H groups in total. The number of carbonyl (C=O) groups excluding carboxylic acids is 1. The lowest BCUT2D eigenvalue weighted by Gasteiger charge is -2.12. The number of rotatable bonds is 6. The highest BCUT2D eigenvalue weighted by atomic mass is 32.2. The molecule has 1 amide bonds. The largest absolute Gasteiger partial charge is 0.369 e. The molecule has 2 aromatic rings. The maximum atomic E-state index is 11.1. The van der Waals surface area contributed by atoms with Crippen LogP contribution in [0.3, 0.4) is 0 Å². The number of aromatic nitrogens is 2. The van der Waals surface area contributed by atoms with E-state index < -0.39 is 5.91 Å². The molecular formula is C18H19N5OS. The molecule has 1 aromatic heterocycles. The van der Waals surface area contributed by atoms with E-state index in [0.717, 1.165) is 24.0 Å². The Morgan fingerprint density at radius 3 is 2.72 bits per heavy atom. The van der Waals surface area contributed by atoms with Crippen LogP contribution in [-0.2, 0) is 4.79 Å². The van der Waals surface area contributed by atoms with Gasteiger partial charge in [0.15, 0.2) is 0 Å². The third kappa shape index (κ3) is 4.09. The second kappa shape index (κ2) is 7.11. The van der Waals surface area contributed by atoms with E-state index in [-0.39, 0.29) is 5.75 Å². The Morgan fingerprint density at radius 2 is 2.12 bits per heavy atom. The maximum Gasteiger partial charge on any atom is 0.227 e. The van der Waals surface area contributed by atoms with Crippen LogP contribution in [0.2, 0.25) is 0 Å². The highest BCUT2D eigenvalue weighted by molar-refractivity contribution is 8.00. The van der Waals surface area contributed by atoms with Crippen LogP contribution in [0.5, 0.6) is 0 Å². The topological polar surface area (TPSA) is 105 Å². The number of hydrogen-bond acceptors (Lipinski definition) is 6. The van der Waals surface area contributed by atoms with Gasteiger partial charge in [0.05, 0.1) is 11.4 Å². The zero-order chi connectivity index (χ0) is 18.0. The van der Waals surface area contributed by atoms with Crippen molar-refractivity contribution in [1.29, 1.82) is 5.26 Å². The summed E-state index contributed by atoms with van der Waals surface area (Å²) in [5.41, 5.74) is 9.36. The summed E-state index contributed by atoms with van der Waals surface area (Å²) in [6, 6.07) is 8.56. The predicted molar refractivity (Wildman–Crippen MR) is 98.2 cm³/mol. The molecule has 1 saturated carbocycles. The van der Waals surface area contributed by atoms with Crippen LogP contribution in [0.4, 0.5) is 5.95 Å². The average Bonchev–Trinajstić information content (AvgIpc) is 3.39. The molecule has 6 nitrogen and oxygen atoms in total. The van der Waals surface area contributed by atoms with Gasteiger partial charge in [-0.2, -0.15) is 5.26 Å². The number of thioether (sulfide) groups is 1. The van der Waals surface area contributed by atoms with Gasteiger partial charge in [-0.3, -0.25) is 4.79 Å². The van der Waals surface area contributed by atoms with Crippen LogP contribution in [0.15, 0.2) is 23.2 Å². The van der Waals surface area contributed by atoms with E-state index in [1.54, 1.807) is 0 Å². The van der Waals surface area contributed by atoms with Crippen molar-refractivity contribution >= 4 is 23.6 Å². The molecule has 1 aromatic carbocycles. The van der Waals surface area contributed by atoms with E-state index in [4.69, 9.17) is 5.73 Å². The molecule has 0 radical (unpaired) electrons. The minimum atomic E-state index is -0.447. The van der Waals surface area contributed by atoms with Gasteiger partial charge in [0.25, 0.3) is 0 Å². The standard InChI is InChI=1S/C18H19N5OS/c1-10-3-4-12(7-11(10)2)16-14(8-19)17(25-9-15(20)24)23-18(22-16)21-13-5-6-13/h3-4,7,13H,5-6,9H2,1-2H3,(H2,20,24)(H,21,22,23). The number of aryl methyl sites for hydroxylation is 2. The number of anilines is 1. The second-order valence-corrected chi connectivity index (χ2v) is 7.12. The third-order valence-electron chi connectivity index (χ3n) is 4.03. The van der Waals surface area contributed by atoms with Gasteiger partial charge in [0.2, 0.25) is 11.9 Å². The molecule has 1 fully saturated rings. The summed E-state index contributed by atoms with van der Waals surface area (Å²) in [4.78, 5) is 20.2. The van der Waals surface area contributed by atoms with Crippen molar-refractivity contribution < 1.29 is 4.79 Å². The number of carbonyl (C=O) groups is 1. The molecule has 7 heteroatoms. The third-order valence-corrected chi connectivity index (χ3v) is 5.03. The Morgan fingerprint density at radius 1 is 1.36 bits per heavy atom. The smallest absolute Gasteiger partial charge is 0.227 e. The fourth-order valence-corrected chi connectivity index (χ4v) is 3.07. The summed E-state index contributed by atoms with van der Waals surface area (Å²) in [7, 11) is 0. The van der Waals surface area contributed by atoms with Gasteiger partial charge in [0, 0.05) is 11.6 Å². The molecule has 1 aliphatic carbocycles. The second-order valence-electron chi connectivity index (χ2n) is 6.16. The quantitative estimate of drug-likeness (QED) is 0.611. The van der Waals surface area contributed by atoms with Crippen molar-refractivity contribution in [2.75, 3.05) is 11.1 Å². The van der Waals surface area contributed by atoms with E-state index in [9.17, 15) is 10.1 Å². The molecule has 0 atom stereocenters. The van der Waals surface area contributed by atoms with Crippen LogP contribution >= 0.6 is 11.8 Å². The summed E-state index contributed by atoms with van der Waals surface area (Å²) in [6.45, 7) is 4.07. The molecular weight excluding hydrogens is 334 g/mol. The molecule has 3 rings (SSSR count). The minimum absolute atomic E-state index is 0.0704. The first-order valence-corrected chi connectivity index (χ1v) is 9.04. The van der Waals surface area contributed by atoms with Crippen LogP contribution in [0.25, 0.3) is 11.3 Å². The van der Waals surface area contributed by atoms with E-state index in [0.29, 0.717) is 28.3 Å². The van der Waals surface area contributed by atoms with Crippen LogP contribution in [0.1, 0.15) is 29.5 Å². The van der Waals surface area contributed by atoms with Crippen molar-refractivity contribution in [3.05, 3.63) is 34.9 Å². The Labute approximate surface area is 150 Å². The Kier molecular flexibility index (Phi) is 4.91. The van der Waals surface area contributed by atoms with E-state index in [1.165, 1.54) is 17.3 Å². The highest BCUT2D eigenvalue weighted by Gasteiger charge is 2.24. The molecule has 0 aliphatic heterocycles. The van der Waals surface area contributed by atoms with Crippen molar-refractivity contribution in [3.8, 4) is 17.3 Å². The first-order valence-electron chi connectivity index (χ1n) is 8.05. The van der Waals surface area contributed by atoms with Gasteiger partial charge in [-0.05, 0) is 43.9 Å². The number of amides is 1. The predicted octanol–water partition coefficient (Wildman–Crippen LogP) is 2.78. The van der Waals surface area contributed by atoms with Crippen LogP contribution in [0, 0.1) is 25.2 Å². The fraction of sp³-hybridized carbons (Fsp3) is 0.333. The highest BCUT2D eigenvalue weighted by Crippen LogP contribution is 2.32. The van der Waals surface area contributed by atoms with Crippen LogP contribution < -0.4 is 11.1 Å². The summed E-state index contributed by atoms with van der Waals surface area (Å²) in [6.07, 6.45) is 2.18. The van der Waals surface area contributed by atoms with Crippen molar-refractivity contribution in [1.82, 2.24) is 9.97 Å². The monoisotopic (exact) mass is 353 g/mol. The zero-order valence-electron chi connectivity index (χ0n) is 14.2. The number of primary amides is 1. The summed E-state index contributed by atoms with van der Waals surface area (Å²) < 4.78 is 0. The van der Waals surface area contributed by atoms with Gasteiger partial charge < -0.3 is 11.1 Å². The van der Waals surface area contributed by atoms with Crippen LogP contribution in [-0.4, -0.2) is 27.7 Å². The molecule has 1 aliphatic rings. The van der Waals surface area contributed by atoms with Crippen molar-refractivity contribution in [3.63, 3.8) is 0 Å². The summed E-state index contributed by atoms with van der Waals surface area (Å²) in [5, 5.41) is 13.4. The first-order chi connectivity index (χ1) is 12.0. The molecule has 25 heavy (non-hydrogen) atoms. The first kappa shape index (κ1) is 17.2. The van der Waals surface area contributed by atoms with E-state index in [1.807, 2.05) is 32.0 Å². The van der Waals surface area contributed by atoms with Gasteiger partial charge in [-0.25, -0.2) is 9.97 Å². The number of nitrogens with one attached hydrogen (secondary N) is 1. The molecule has 0 bridgehead atoms. The molecule has 0 saturated heterocycles. The number of benzene rings is 1. The minimum Gasteiger partial charge on any atom is -0.369 e. The maximum absolute atomic E-state index is 11.1. The Bertz CT molecular complexity index is 871. The lowest BCUT2D eigenvalue weighted by Crippen LogP contribution is -2.14. The van der Waals surface area contributed by atoms with Gasteiger partial charge >= 0.3 is 0 Å². The van der Waals surface area contributed by atoms with Gasteiger partial charge in [-0.15, -0.1) is 0 Å². The lowest BCUT2D eigenvalue weighted by atomic mass is 10.0. The van der Waals surface area contributed by atoms with E-state index >= 15 is 0 Å².